The average molecular weight is 581 g/mol. The molecule has 1 N–H and O–H groups in total. The smallest absolute Gasteiger partial charge is 0.296 e. The van der Waals surface area contributed by atoms with Gasteiger partial charge in [0.2, 0.25) is 10.0 Å². The molecule has 1 unspecified atom stereocenters. The SMILES string of the molecule is CCN1C(=O)C2(C(=C(O)c3cccc(S(=O)(=O)N4CCCCC4)c3)C(=O)C(=O)N2CCCN(C)C)c2ccccc21. The van der Waals surface area contributed by atoms with Crippen molar-refractivity contribution in [1.29, 1.82) is 0 Å². The van der Waals surface area contributed by atoms with E-state index in [0.29, 0.717) is 43.9 Å². The van der Waals surface area contributed by atoms with Crippen LogP contribution in [0.25, 0.3) is 5.76 Å². The molecule has 5 rings (SSSR count). The number of aliphatic hydroxyl groups is 1. The van der Waals surface area contributed by atoms with E-state index < -0.39 is 38.9 Å². The van der Waals surface area contributed by atoms with Crippen LogP contribution >= 0.6 is 0 Å². The number of ketones is 1. The fraction of sp³-hybridized carbons (Fsp3) is 0.433. The van der Waals surface area contributed by atoms with Crippen LogP contribution in [0.5, 0.6) is 0 Å². The van der Waals surface area contributed by atoms with Crippen LogP contribution in [0.1, 0.15) is 43.7 Å². The molecule has 41 heavy (non-hydrogen) atoms. The van der Waals surface area contributed by atoms with E-state index in [-0.39, 0.29) is 22.6 Å². The normalized spacial score (nSPS) is 22.8. The zero-order valence-corrected chi connectivity index (χ0v) is 24.5. The summed E-state index contributed by atoms with van der Waals surface area (Å²) in [6.45, 7) is 3.65. The molecule has 0 aromatic heterocycles. The second kappa shape index (κ2) is 11.0. The van der Waals surface area contributed by atoms with Gasteiger partial charge in [0.05, 0.1) is 16.2 Å². The van der Waals surface area contributed by atoms with Gasteiger partial charge in [-0.3, -0.25) is 14.4 Å². The fourth-order valence-electron chi connectivity index (χ4n) is 6.23. The van der Waals surface area contributed by atoms with E-state index in [4.69, 9.17) is 0 Å². The van der Waals surface area contributed by atoms with Crippen LogP contribution in [-0.4, -0.2) is 92.0 Å². The van der Waals surface area contributed by atoms with Gasteiger partial charge in [0.15, 0.2) is 5.54 Å². The number of nitrogens with zero attached hydrogens (tertiary/aromatic N) is 4. The number of Topliss-reactive ketones (excluding diaryl/α,β-unsaturated/α-hetero) is 1. The minimum atomic E-state index is -3.84. The molecule has 3 aliphatic heterocycles. The summed E-state index contributed by atoms with van der Waals surface area (Å²) in [4.78, 5) is 46.4. The number of benzene rings is 2. The number of likely N-dealkylation sites (N-methyl/N-ethyl adjacent to an activating group) is 1. The van der Waals surface area contributed by atoms with Gasteiger partial charge in [-0.2, -0.15) is 4.31 Å². The number of likely N-dealkylation sites (tertiary alicyclic amines) is 1. The first-order valence-electron chi connectivity index (χ1n) is 14.0. The summed E-state index contributed by atoms with van der Waals surface area (Å²) in [5.41, 5.74) is -1.15. The molecule has 11 heteroatoms. The zero-order chi connectivity index (χ0) is 29.5. The van der Waals surface area contributed by atoms with E-state index in [2.05, 4.69) is 0 Å². The van der Waals surface area contributed by atoms with Crippen molar-refractivity contribution >= 4 is 39.1 Å². The van der Waals surface area contributed by atoms with Gasteiger partial charge in [0.25, 0.3) is 17.6 Å². The van der Waals surface area contributed by atoms with Gasteiger partial charge in [0.1, 0.15) is 5.76 Å². The maximum atomic E-state index is 14.3. The van der Waals surface area contributed by atoms with Crippen LogP contribution in [0.3, 0.4) is 0 Å². The van der Waals surface area contributed by atoms with Gasteiger partial charge in [-0.05, 0) is 65.0 Å². The van der Waals surface area contributed by atoms with Crippen molar-refractivity contribution in [2.24, 2.45) is 0 Å². The third-order valence-corrected chi connectivity index (χ3v) is 10.1. The number of aliphatic hydroxyl groups excluding tert-OH is 1. The monoisotopic (exact) mass is 580 g/mol. The number of anilines is 1. The quantitative estimate of drug-likeness (QED) is 0.290. The Balaban J connectivity index is 1.70. The van der Waals surface area contributed by atoms with E-state index in [1.807, 2.05) is 19.0 Å². The van der Waals surface area contributed by atoms with Crippen LogP contribution < -0.4 is 4.90 Å². The molecule has 3 heterocycles. The molecule has 2 aromatic rings. The summed E-state index contributed by atoms with van der Waals surface area (Å²) >= 11 is 0. The van der Waals surface area contributed by atoms with E-state index >= 15 is 0 Å². The number of amides is 2. The van der Waals surface area contributed by atoms with Crippen molar-refractivity contribution in [3.05, 3.63) is 65.2 Å². The highest BCUT2D eigenvalue weighted by Crippen LogP contribution is 2.53. The van der Waals surface area contributed by atoms with Crippen molar-refractivity contribution < 1.29 is 27.9 Å². The fourth-order valence-corrected chi connectivity index (χ4v) is 7.79. The van der Waals surface area contributed by atoms with Crippen LogP contribution in [-0.2, 0) is 29.9 Å². The van der Waals surface area contributed by atoms with Gasteiger partial charge in [-0.1, -0.05) is 36.8 Å². The summed E-state index contributed by atoms with van der Waals surface area (Å²) in [5.74, 6) is -2.92. The number of piperidine rings is 1. The standard InChI is InChI=1S/C30H36N4O6S/c1-4-33-24-15-7-6-14-23(24)30(29(33)38)25(27(36)28(37)34(30)19-11-16-31(2)3)26(35)21-12-10-13-22(20-21)41(39,40)32-17-8-5-9-18-32/h6-7,10,12-15,20,35H,4-5,8-9,11,16-19H2,1-3H3. The number of carbonyl (C=O) groups excluding carboxylic acids is 3. The van der Waals surface area contributed by atoms with E-state index in [0.717, 1.165) is 19.3 Å². The Kier molecular flexibility index (Phi) is 7.80. The Labute approximate surface area is 240 Å². The van der Waals surface area contributed by atoms with E-state index in [1.165, 1.54) is 38.4 Å². The minimum absolute atomic E-state index is 0.0222. The van der Waals surface area contributed by atoms with Gasteiger partial charge < -0.3 is 19.8 Å². The summed E-state index contributed by atoms with van der Waals surface area (Å²) in [7, 11) is -0.0539. The number of para-hydroxylation sites is 1. The first kappa shape index (κ1) is 29.0. The van der Waals surface area contributed by atoms with Crippen LogP contribution in [0.2, 0.25) is 0 Å². The predicted octanol–water partition coefficient (Wildman–Crippen LogP) is 2.76. The molecule has 1 atom stereocenters. The highest BCUT2D eigenvalue weighted by Gasteiger charge is 2.66. The molecule has 0 radical (unpaired) electrons. The Morgan fingerprint density at radius 3 is 2.39 bits per heavy atom. The zero-order valence-electron chi connectivity index (χ0n) is 23.7. The van der Waals surface area contributed by atoms with Crippen molar-refractivity contribution in [1.82, 2.24) is 14.1 Å². The van der Waals surface area contributed by atoms with Crippen LogP contribution in [0.4, 0.5) is 5.69 Å². The highest BCUT2D eigenvalue weighted by molar-refractivity contribution is 7.89. The van der Waals surface area contributed by atoms with E-state index in [1.54, 1.807) is 31.2 Å². The summed E-state index contributed by atoms with van der Waals surface area (Å²) in [6, 6.07) is 12.7. The van der Waals surface area contributed by atoms with Gasteiger partial charge in [-0.15, -0.1) is 0 Å². The first-order valence-corrected chi connectivity index (χ1v) is 15.5. The molecule has 0 saturated carbocycles. The first-order chi connectivity index (χ1) is 19.6. The molecule has 2 saturated heterocycles. The third kappa shape index (κ3) is 4.56. The molecular weight excluding hydrogens is 544 g/mol. The number of fused-ring (bicyclic) bond motifs is 2. The lowest BCUT2D eigenvalue weighted by atomic mass is 9.82. The Morgan fingerprint density at radius 1 is 1.00 bits per heavy atom. The maximum absolute atomic E-state index is 14.3. The molecule has 0 aliphatic carbocycles. The molecule has 2 amide bonds. The Hall–Kier alpha value is -3.54. The van der Waals surface area contributed by atoms with E-state index in [9.17, 15) is 27.9 Å². The van der Waals surface area contributed by atoms with Crippen molar-refractivity contribution in [2.45, 2.75) is 43.0 Å². The van der Waals surface area contributed by atoms with Crippen LogP contribution in [0.15, 0.2) is 59.0 Å². The highest BCUT2D eigenvalue weighted by atomic mass is 32.2. The van der Waals surface area contributed by atoms with Gasteiger partial charge in [-0.25, -0.2) is 8.42 Å². The third-order valence-electron chi connectivity index (χ3n) is 8.17. The summed E-state index contributed by atoms with van der Waals surface area (Å²) in [6.07, 6.45) is 3.00. The molecule has 1 spiro atoms. The van der Waals surface area contributed by atoms with Gasteiger partial charge in [0, 0.05) is 37.3 Å². The van der Waals surface area contributed by atoms with Crippen LogP contribution in [0, 0.1) is 0 Å². The summed E-state index contributed by atoms with van der Waals surface area (Å²) < 4.78 is 28.2. The Bertz CT molecular complexity index is 1530. The number of hydrogen-bond donors (Lipinski definition) is 1. The molecule has 10 nitrogen and oxygen atoms in total. The largest absolute Gasteiger partial charge is 0.507 e. The lowest BCUT2D eigenvalue weighted by molar-refractivity contribution is -0.143. The van der Waals surface area contributed by atoms with Crippen molar-refractivity contribution in [3.8, 4) is 0 Å². The Morgan fingerprint density at radius 2 is 1.71 bits per heavy atom. The van der Waals surface area contributed by atoms with Crippen molar-refractivity contribution in [2.75, 3.05) is 51.7 Å². The molecule has 0 bridgehead atoms. The topological polar surface area (TPSA) is 119 Å². The van der Waals surface area contributed by atoms with Crippen molar-refractivity contribution in [3.63, 3.8) is 0 Å². The number of carbonyl (C=O) groups is 3. The lowest BCUT2D eigenvalue weighted by Gasteiger charge is -2.34. The second-order valence-corrected chi connectivity index (χ2v) is 12.9. The number of sulfonamides is 1. The number of hydrogen-bond acceptors (Lipinski definition) is 7. The molecule has 218 valence electrons. The molecule has 2 fully saturated rings. The minimum Gasteiger partial charge on any atom is -0.507 e. The maximum Gasteiger partial charge on any atom is 0.296 e. The van der Waals surface area contributed by atoms with Gasteiger partial charge >= 0.3 is 0 Å². The molecule has 3 aliphatic rings. The second-order valence-electron chi connectivity index (χ2n) is 10.9. The molecule has 2 aromatic carbocycles. The molecular formula is C30H36N4O6S. The number of rotatable bonds is 8. The lowest BCUT2D eigenvalue weighted by Crippen LogP contribution is -2.52. The predicted molar refractivity (Wildman–Crippen MR) is 155 cm³/mol. The summed E-state index contributed by atoms with van der Waals surface area (Å²) in [5, 5.41) is 11.8. The average Bonchev–Trinajstić information content (AvgIpc) is 3.35.